The second-order valence-corrected chi connectivity index (χ2v) is 6.35. The molecular formula is C17H16ClFN4O4. The third kappa shape index (κ3) is 3.50. The molecule has 2 aromatic heterocycles. The van der Waals surface area contributed by atoms with Crippen molar-refractivity contribution in [1.82, 2.24) is 18.7 Å². The fraction of sp³-hybridized carbons (Fsp3) is 0.294. The molecule has 0 spiro atoms. The van der Waals surface area contributed by atoms with Crippen molar-refractivity contribution in [3.63, 3.8) is 0 Å². The van der Waals surface area contributed by atoms with E-state index in [9.17, 15) is 18.8 Å². The van der Waals surface area contributed by atoms with Gasteiger partial charge in [0, 0.05) is 20.6 Å². The van der Waals surface area contributed by atoms with Gasteiger partial charge in [-0.1, -0.05) is 11.6 Å². The Bertz CT molecular complexity index is 1150. The van der Waals surface area contributed by atoms with E-state index in [4.69, 9.17) is 16.3 Å². The maximum atomic E-state index is 13.0. The normalized spacial score (nSPS) is 11.1. The number of esters is 1. The molecule has 0 amide bonds. The van der Waals surface area contributed by atoms with E-state index in [-0.39, 0.29) is 30.2 Å². The number of carbonyl (C=O) groups excluding carboxylic acids is 1. The highest BCUT2D eigenvalue weighted by atomic mass is 35.5. The van der Waals surface area contributed by atoms with Crippen molar-refractivity contribution in [2.75, 3.05) is 6.61 Å². The van der Waals surface area contributed by atoms with Crippen LogP contribution in [0.15, 0.2) is 34.1 Å². The molecule has 0 saturated heterocycles. The molecule has 10 heteroatoms. The third-order valence-corrected chi connectivity index (χ3v) is 4.42. The average Bonchev–Trinajstić information content (AvgIpc) is 3.01. The molecule has 3 rings (SSSR count). The van der Waals surface area contributed by atoms with Gasteiger partial charge in [-0.2, -0.15) is 0 Å². The minimum atomic E-state index is -0.706. The summed E-state index contributed by atoms with van der Waals surface area (Å²) in [6, 6.07) is 3.36. The summed E-state index contributed by atoms with van der Waals surface area (Å²) in [7, 11) is 3.20. The lowest BCUT2D eigenvalue weighted by Crippen LogP contribution is -2.39. The Morgan fingerprint density at radius 1 is 1.30 bits per heavy atom. The molecule has 0 radical (unpaired) electrons. The predicted molar refractivity (Wildman–Crippen MR) is 96.5 cm³/mol. The summed E-state index contributed by atoms with van der Waals surface area (Å²) < 4.78 is 22.0. The van der Waals surface area contributed by atoms with Crippen LogP contribution in [-0.2, 0) is 25.4 Å². The molecule has 2 heterocycles. The first kappa shape index (κ1) is 18.8. The smallest absolute Gasteiger partial charge is 0.339 e. The molecule has 0 saturated carbocycles. The summed E-state index contributed by atoms with van der Waals surface area (Å²) in [6.45, 7) is 0.0304. The van der Waals surface area contributed by atoms with Crippen molar-refractivity contribution in [2.24, 2.45) is 14.1 Å². The van der Waals surface area contributed by atoms with Crippen LogP contribution in [0.25, 0.3) is 11.2 Å². The Morgan fingerprint density at radius 3 is 2.74 bits per heavy atom. The monoisotopic (exact) mass is 394 g/mol. The zero-order valence-corrected chi connectivity index (χ0v) is 15.4. The number of fused-ring (bicyclic) bond motifs is 1. The summed E-state index contributed by atoms with van der Waals surface area (Å²) in [5.74, 6) is -1.26. The number of aromatic nitrogens is 4. The largest absolute Gasteiger partial charge is 0.462 e. The lowest BCUT2D eigenvalue weighted by Gasteiger charge is -2.09. The van der Waals surface area contributed by atoms with Gasteiger partial charge in [-0.05, 0) is 24.6 Å². The minimum Gasteiger partial charge on any atom is -0.462 e. The van der Waals surface area contributed by atoms with Gasteiger partial charge in [0.15, 0.2) is 11.2 Å². The number of aryl methyl sites for hydroxylation is 2. The standard InChI is InChI=1S/C17H16ClFN4O4/c1-21-9-20-14-13(21)15(24)23(17(26)22(14)2)6-3-7-27-16(25)11-5-4-10(19)8-12(11)18/h4-5,8-9H,3,6-7H2,1-2H3. The molecular weight excluding hydrogens is 379 g/mol. The SMILES string of the molecule is Cn1cnc2c1c(=O)n(CCCOC(=O)c1ccc(F)cc1Cl)c(=O)n2C. The van der Waals surface area contributed by atoms with Gasteiger partial charge in [-0.15, -0.1) is 0 Å². The predicted octanol–water partition coefficient (Wildman–Crippen LogP) is 1.47. The van der Waals surface area contributed by atoms with Crippen molar-refractivity contribution < 1.29 is 13.9 Å². The van der Waals surface area contributed by atoms with Gasteiger partial charge in [0.25, 0.3) is 5.56 Å². The van der Waals surface area contributed by atoms with Crippen LogP contribution >= 0.6 is 11.6 Å². The molecule has 3 aromatic rings. The van der Waals surface area contributed by atoms with Crippen molar-refractivity contribution in [1.29, 1.82) is 0 Å². The second-order valence-electron chi connectivity index (χ2n) is 5.94. The first-order chi connectivity index (χ1) is 12.8. The number of ether oxygens (including phenoxy) is 1. The van der Waals surface area contributed by atoms with Gasteiger partial charge in [-0.3, -0.25) is 13.9 Å². The van der Waals surface area contributed by atoms with Crippen LogP contribution in [0, 0.1) is 5.82 Å². The van der Waals surface area contributed by atoms with Crippen LogP contribution in [-0.4, -0.2) is 31.3 Å². The van der Waals surface area contributed by atoms with Gasteiger partial charge in [0.1, 0.15) is 5.82 Å². The Kier molecular flexibility index (Phi) is 5.13. The van der Waals surface area contributed by atoms with E-state index in [1.54, 1.807) is 11.6 Å². The van der Waals surface area contributed by atoms with Crippen LogP contribution < -0.4 is 11.2 Å². The Labute approximate surface area is 157 Å². The fourth-order valence-electron chi connectivity index (χ4n) is 2.71. The molecule has 142 valence electrons. The number of halogens is 2. The van der Waals surface area contributed by atoms with Crippen LogP contribution in [0.1, 0.15) is 16.8 Å². The highest BCUT2D eigenvalue weighted by Crippen LogP contribution is 2.18. The van der Waals surface area contributed by atoms with Crippen molar-refractivity contribution in [2.45, 2.75) is 13.0 Å². The molecule has 0 N–H and O–H groups in total. The quantitative estimate of drug-likeness (QED) is 0.483. The van der Waals surface area contributed by atoms with E-state index in [1.165, 1.54) is 24.0 Å². The summed E-state index contributed by atoms with van der Waals surface area (Å²) >= 11 is 5.81. The maximum Gasteiger partial charge on any atom is 0.339 e. The average molecular weight is 395 g/mol. The van der Waals surface area contributed by atoms with E-state index in [1.807, 2.05) is 0 Å². The van der Waals surface area contributed by atoms with Crippen LogP contribution in [0.3, 0.4) is 0 Å². The van der Waals surface area contributed by atoms with Crippen molar-refractivity contribution in [3.8, 4) is 0 Å². The molecule has 0 atom stereocenters. The molecule has 0 aliphatic heterocycles. The van der Waals surface area contributed by atoms with Gasteiger partial charge in [0.05, 0.1) is 23.5 Å². The fourth-order valence-corrected chi connectivity index (χ4v) is 2.96. The molecule has 8 nitrogen and oxygen atoms in total. The molecule has 0 fully saturated rings. The molecule has 0 bridgehead atoms. The number of hydrogen-bond acceptors (Lipinski definition) is 5. The van der Waals surface area contributed by atoms with Gasteiger partial charge >= 0.3 is 11.7 Å². The number of nitrogens with zero attached hydrogens (tertiary/aromatic N) is 4. The Morgan fingerprint density at radius 2 is 2.04 bits per heavy atom. The lowest BCUT2D eigenvalue weighted by molar-refractivity contribution is 0.0495. The van der Waals surface area contributed by atoms with Gasteiger partial charge in [-0.25, -0.2) is 19.0 Å². The first-order valence-corrected chi connectivity index (χ1v) is 8.42. The van der Waals surface area contributed by atoms with Crippen molar-refractivity contribution >= 4 is 28.7 Å². The zero-order chi connectivity index (χ0) is 19.7. The number of imidazole rings is 1. The molecule has 0 unspecified atom stereocenters. The number of carbonyl (C=O) groups is 1. The topological polar surface area (TPSA) is 88.1 Å². The second kappa shape index (κ2) is 7.36. The third-order valence-electron chi connectivity index (χ3n) is 4.11. The number of benzene rings is 1. The Hall–Kier alpha value is -2.94. The van der Waals surface area contributed by atoms with E-state index in [0.717, 1.165) is 16.7 Å². The van der Waals surface area contributed by atoms with E-state index >= 15 is 0 Å². The first-order valence-electron chi connectivity index (χ1n) is 8.04. The van der Waals surface area contributed by atoms with Crippen molar-refractivity contribution in [3.05, 3.63) is 61.8 Å². The van der Waals surface area contributed by atoms with Crippen LogP contribution in [0.5, 0.6) is 0 Å². The lowest BCUT2D eigenvalue weighted by atomic mass is 10.2. The molecule has 1 aromatic carbocycles. The minimum absolute atomic E-state index is 0.0362. The van der Waals surface area contributed by atoms with Crippen LogP contribution in [0.2, 0.25) is 5.02 Å². The maximum absolute atomic E-state index is 13.0. The number of rotatable bonds is 5. The van der Waals surface area contributed by atoms with Gasteiger partial charge in [0.2, 0.25) is 0 Å². The van der Waals surface area contributed by atoms with Gasteiger partial charge < -0.3 is 9.30 Å². The molecule has 27 heavy (non-hydrogen) atoms. The highest BCUT2D eigenvalue weighted by molar-refractivity contribution is 6.33. The Balaban J connectivity index is 1.71. The van der Waals surface area contributed by atoms with E-state index < -0.39 is 23.0 Å². The summed E-state index contributed by atoms with van der Waals surface area (Å²) in [5.41, 5.74) is -0.295. The molecule has 0 aliphatic carbocycles. The van der Waals surface area contributed by atoms with E-state index in [0.29, 0.717) is 11.2 Å². The molecule has 0 aliphatic rings. The number of hydrogen-bond donors (Lipinski definition) is 0. The van der Waals surface area contributed by atoms with Crippen LogP contribution in [0.4, 0.5) is 4.39 Å². The zero-order valence-electron chi connectivity index (χ0n) is 14.6. The summed E-state index contributed by atoms with van der Waals surface area (Å²) in [4.78, 5) is 40.9. The summed E-state index contributed by atoms with van der Waals surface area (Å²) in [6.07, 6.45) is 1.70. The van der Waals surface area contributed by atoms with E-state index in [2.05, 4.69) is 4.98 Å². The highest BCUT2D eigenvalue weighted by Gasteiger charge is 2.15. The summed E-state index contributed by atoms with van der Waals surface area (Å²) in [5, 5.41) is -0.0493.